The molecule has 0 radical (unpaired) electrons. The van der Waals surface area contributed by atoms with E-state index in [9.17, 15) is 0 Å². The summed E-state index contributed by atoms with van der Waals surface area (Å²) in [6, 6.07) is 32.6. The molecule has 2 unspecified atom stereocenters. The Labute approximate surface area is 237 Å². The van der Waals surface area contributed by atoms with Crippen molar-refractivity contribution in [2.45, 2.75) is 49.8 Å². The Bertz CT molecular complexity index is 1620. The fourth-order valence-electron chi connectivity index (χ4n) is 8.81. The molecule has 0 N–H and O–H groups in total. The Kier molecular flexibility index (Phi) is 5.16. The van der Waals surface area contributed by atoms with Crippen LogP contribution in [0.5, 0.6) is 0 Å². The molecule has 39 heavy (non-hydrogen) atoms. The molecular weight excluding hydrogens is 635 g/mol. The van der Waals surface area contributed by atoms with Gasteiger partial charge in [-0.05, 0) is 0 Å². The molecule has 4 aliphatic rings. The van der Waals surface area contributed by atoms with E-state index in [1.807, 2.05) is 0 Å². The number of fused-ring (bicyclic) bond motifs is 8. The Hall–Kier alpha value is -2.77. The summed E-state index contributed by atoms with van der Waals surface area (Å²) in [5.41, 5.74) is 18.5. The normalized spacial score (nSPS) is 22.8. The zero-order valence-electron chi connectivity index (χ0n) is 23.5. The van der Waals surface area contributed by atoms with Crippen LogP contribution in [0.1, 0.15) is 60.0 Å². The Balaban J connectivity index is 1.35. The SMILES string of the molecule is Cc1cccc(-c2cccc3c2C=C2[CH]3[Hf]([CH3])([CH3])[CH]3C(=Cc4c(-c5cccc(C)c5)cccc43)C23CCC3)c1. The number of aryl methyl sites for hydroxylation is 2. The van der Waals surface area contributed by atoms with Gasteiger partial charge in [0.1, 0.15) is 0 Å². The second-order valence-electron chi connectivity index (χ2n) is 13.2. The number of allylic oxidation sites excluding steroid dienone is 2. The van der Waals surface area contributed by atoms with E-state index in [2.05, 4.69) is 120 Å². The van der Waals surface area contributed by atoms with Gasteiger partial charge in [0.05, 0.1) is 0 Å². The fourth-order valence-corrected chi connectivity index (χ4v) is 25.9. The van der Waals surface area contributed by atoms with Gasteiger partial charge in [0, 0.05) is 0 Å². The first-order chi connectivity index (χ1) is 18.9. The molecule has 1 heterocycles. The molecule has 192 valence electrons. The Morgan fingerprint density at radius 3 is 1.49 bits per heavy atom. The van der Waals surface area contributed by atoms with Crippen molar-refractivity contribution in [1.29, 1.82) is 0 Å². The van der Waals surface area contributed by atoms with Crippen LogP contribution in [-0.2, 0) is 20.0 Å². The number of rotatable bonds is 2. The molecule has 4 aromatic carbocycles. The maximum atomic E-state index is 2.78. The molecule has 1 aliphatic heterocycles. The van der Waals surface area contributed by atoms with Crippen LogP contribution in [0.15, 0.2) is 96.1 Å². The fraction of sp³-hybridized carbons (Fsp3) is 0.263. The van der Waals surface area contributed by atoms with Crippen LogP contribution in [0, 0.1) is 19.3 Å². The van der Waals surface area contributed by atoms with Crippen molar-refractivity contribution in [3.63, 3.8) is 0 Å². The van der Waals surface area contributed by atoms with Crippen LogP contribution in [0.4, 0.5) is 0 Å². The van der Waals surface area contributed by atoms with Crippen molar-refractivity contribution < 1.29 is 20.0 Å². The van der Waals surface area contributed by atoms with Gasteiger partial charge in [0.2, 0.25) is 0 Å². The van der Waals surface area contributed by atoms with Crippen molar-refractivity contribution in [3.8, 4) is 22.3 Å². The van der Waals surface area contributed by atoms with Crippen LogP contribution in [0.2, 0.25) is 9.36 Å². The molecule has 0 nitrogen and oxygen atoms in total. The molecule has 3 aliphatic carbocycles. The third-order valence-corrected chi connectivity index (χ3v) is 25.7. The molecular formula is C38H36Hf. The standard InChI is InChI=1S/C36H30.2CH3.Hf/c1-24-8-3-10-26(18-24)32-14-5-12-28-20-30(22-34(28)32)36(16-7-17-36)31-21-29-13-6-15-33(35(29)23-31)27-11-4-9-25(2)19-27;;;/h3-6,8-15,18-23H,7,16-17H2,1-2H3;2*1H3;. The second-order valence-corrected chi connectivity index (χ2v) is 30.4. The average Bonchev–Trinajstić information content (AvgIpc) is 3.48. The van der Waals surface area contributed by atoms with E-state index in [-0.39, 0.29) is 5.41 Å². The van der Waals surface area contributed by atoms with Gasteiger partial charge < -0.3 is 0 Å². The van der Waals surface area contributed by atoms with Gasteiger partial charge in [-0.25, -0.2) is 0 Å². The van der Waals surface area contributed by atoms with Crippen molar-refractivity contribution in [2.24, 2.45) is 5.41 Å². The Morgan fingerprint density at radius 1 is 0.615 bits per heavy atom. The van der Waals surface area contributed by atoms with Gasteiger partial charge in [-0.15, -0.1) is 0 Å². The minimum atomic E-state index is -2.98. The van der Waals surface area contributed by atoms with Gasteiger partial charge in [0.25, 0.3) is 0 Å². The van der Waals surface area contributed by atoms with E-state index >= 15 is 0 Å². The van der Waals surface area contributed by atoms with E-state index in [0.717, 1.165) is 0 Å². The number of hydrogen-bond donors (Lipinski definition) is 0. The number of benzene rings is 4. The second kappa shape index (κ2) is 8.37. The summed E-state index contributed by atoms with van der Waals surface area (Å²) in [5.74, 6) is 0. The zero-order valence-corrected chi connectivity index (χ0v) is 27.1. The van der Waals surface area contributed by atoms with Gasteiger partial charge in [-0.3, -0.25) is 0 Å². The molecule has 2 atom stereocenters. The zero-order chi connectivity index (χ0) is 26.5. The predicted octanol–water partition coefficient (Wildman–Crippen LogP) is 10.6. The Morgan fingerprint density at radius 2 is 1.08 bits per heavy atom. The molecule has 4 aromatic rings. The van der Waals surface area contributed by atoms with Crippen LogP contribution in [-0.4, -0.2) is 0 Å². The van der Waals surface area contributed by atoms with Crippen LogP contribution in [0.25, 0.3) is 34.4 Å². The van der Waals surface area contributed by atoms with Gasteiger partial charge in [-0.1, -0.05) is 0 Å². The van der Waals surface area contributed by atoms with Crippen LogP contribution in [0.3, 0.4) is 0 Å². The van der Waals surface area contributed by atoms with Crippen LogP contribution >= 0.6 is 0 Å². The summed E-state index contributed by atoms with van der Waals surface area (Å²) >= 11 is -2.98. The average molecular weight is 671 g/mol. The van der Waals surface area contributed by atoms with Crippen molar-refractivity contribution >= 4 is 12.2 Å². The topological polar surface area (TPSA) is 0 Å². The quantitative estimate of drug-likeness (QED) is 0.186. The molecule has 0 aromatic heterocycles. The monoisotopic (exact) mass is 672 g/mol. The first kappa shape index (κ1) is 24.1. The molecule has 1 spiro atoms. The van der Waals surface area contributed by atoms with Crippen molar-refractivity contribution in [2.75, 3.05) is 0 Å². The van der Waals surface area contributed by atoms with Gasteiger partial charge >= 0.3 is 239 Å². The summed E-state index contributed by atoms with van der Waals surface area (Å²) in [4.78, 5) is 0. The summed E-state index contributed by atoms with van der Waals surface area (Å²) in [6.07, 6.45) is 9.39. The van der Waals surface area contributed by atoms with Crippen molar-refractivity contribution in [1.82, 2.24) is 0 Å². The van der Waals surface area contributed by atoms with E-state index < -0.39 is 20.0 Å². The first-order valence-corrected chi connectivity index (χ1v) is 26.1. The van der Waals surface area contributed by atoms with Crippen LogP contribution < -0.4 is 0 Å². The molecule has 0 bridgehead atoms. The summed E-state index contributed by atoms with van der Waals surface area (Å²) in [6.45, 7) is 4.43. The molecule has 0 amide bonds. The maximum absolute atomic E-state index is 2.98. The molecule has 2 fully saturated rings. The molecule has 1 saturated heterocycles. The van der Waals surface area contributed by atoms with E-state index in [1.165, 1.54) is 63.8 Å². The first-order valence-electron chi connectivity index (χ1n) is 14.7. The van der Waals surface area contributed by atoms with E-state index in [4.69, 9.17) is 0 Å². The summed E-state index contributed by atoms with van der Waals surface area (Å²) in [5, 5.41) is 0. The molecule has 1 heteroatoms. The molecule has 1 saturated carbocycles. The number of hydrogen-bond acceptors (Lipinski definition) is 0. The third kappa shape index (κ3) is 3.26. The minimum absolute atomic E-state index is 0.261. The van der Waals surface area contributed by atoms with Gasteiger partial charge in [-0.2, -0.15) is 0 Å². The summed E-state index contributed by atoms with van der Waals surface area (Å²) in [7, 11) is 0. The summed E-state index contributed by atoms with van der Waals surface area (Å²) < 4.78 is 6.90. The van der Waals surface area contributed by atoms with Gasteiger partial charge in [0.15, 0.2) is 0 Å². The third-order valence-electron chi connectivity index (χ3n) is 10.6. The van der Waals surface area contributed by atoms with Crippen molar-refractivity contribution in [3.05, 3.63) is 129 Å². The van der Waals surface area contributed by atoms with E-state index in [0.29, 0.717) is 7.35 Å². The molecule has 8 rings (SSSR count). The predicted molar refractivity (Wildman–Crippen MR) is 163 cm³/mol. The van der Waals surface area contributed by atoms with E-state index in [1.54, 1.807) is 22.3 Å².